The first-order chi connectivity index (χ1) is 8.60. The average molecular weight is 245 g/mol. The molecule has 0 atom stereocenters. The van der Waals surface area contributed by atoms with Crippen molar-refractivity contribution in [1.82, 2.24) is 9.78 Å². The molecule has 18 heavy (non-hydrogen) atoms. The van der Waals surface area contributed by atoms with Gasteiger partial charge in [-0.2, -0.15) is 5.10 Å². The van der Waals surface area contributed by atoms with E-state index >= 15 is 0 Å². The van der Waals surface area contributed by atoms with Gasteiger partial charge in [0, 0.05) is 13.2 Å². The molecule has 0 unspecified atom stereocenters. The van der Waals surface area contributed by atoms with E-state index in [1.807, 2.05) is 25.1 Å². The number of benzene rings is 1. The molecule has 94 valence electrons. The van der Waals surface area contributed by atoms with Crippen LogP contribution in [0.5, 0.6) is 5.75 Å². The second-order valence-electron chi connectivity index (χ2n) is 4.06. The lowest BCUT2D eigenvalue weighted by Crippen LogP contribution is -2.12. The van der Waals surface area contributed by atoms with Crippen LogP contribution in [0.15, 0.2) is 30.6 Å². The van der Waals surface area contributed by atoms with Gasteiger partial charge in [0.15, 0.2) is 0 Å². The van der Waals surface area contributed by atoms with Gasteiger partial charge in [0.05, 0.1) is 24.6 Å². The van der Waals surface area contributed by atoms with Crippen molar-refractivity contribution in [2.24, 2.45) is 7.05 Å². The number of carbonyl (C=O) groups excluding carboxylic acids is 1. The molecular weight excluding hydrogens is 230 g/mol. The van der Waals surface area contributed by atoms with Crippen molar-refractivity contribution >= 4 is 11.6 Å². The van der Waals surface area contributed by atoms with Gasteiger partial charge in [0.2, 0.25) is 0 Å². The normalized spacial score (nSPS) is 10.2. The number of rotatable bonds is 3. The molecule has 0 fully saturated rings. The van der Waals surface area contributed by atoms with Crippen molar-refractivity contribution in [2.45, 2.75) is 6.92 Å². The number of nitrogens with zero attached hydrogens (tertiary/aromatic N) is 2. The van der Waals surface area contributed by atoms with Crippen LogP contribution in [0, 0.1) is 6.92 Å². The summed E-state index contributed by atoms with van der Waals surface area (Å²) in [5, 5.41) is 6.78. The van der Waals surface area contributed by atoms with Crippen LogP contribution in [0.3, 0.4) is 0 Å². The molecule has 0 saturated heterocycles. The van der Waals surface area contributed by atoms with Gasteiger partial charge in [0.25, 0.3) is 5.91 Å². The molecule has 0 aliphatic carbocycles. The Hall–Kier alpha value is -2.30. The molecule has 0 radical (unpaired) electrons. The molecule has 0 aliphatic heterocycles. The zero-order valence-electron chi connectivity index (χ0n) is 10.6. The van der Waals surface area contributed by atoms with Gasteiger partial charge in [-0.25, -0.2) is 0 Å². The number of amides is 1. The van der Waals surface area contributed by atoms with E-state index in [4.69, 9.17) is 4.74 Å². The third-order valence-electron chi connectivity index (χ3n) is 2.57. The Bertz CT molecular complexity index is 575. The Labute approximate surface area is 105 Å². The van der Waals surface area contributed by atoms with Crippen molar-refractivity contribution in [3.05, 3.63) is 41.7 Å². The largest absolute Gasteiger partial charge is 0.495 e. The van der Waals surface area contributed by atoms with E-state index in [1.54, 1.807) is 25.0 Å². The van der Waals surface area contributed by atoms with Crippen molar-refractivity contribution in [3.63, 3.8) is 0 Å². The molecule has 1 amide bonds. The summed E-state index contributed by atoms with van der Waals surface area (Å²) < 4.78 is 6.79. The topological polar surface area (TPSA) is 56.1 Å². The predicted molar refractivity (Wildman–Crippen MR) is 68.9 cm³/mol. The molecule has 5 nitrogen and oxygen atoms in total. The fraction of sp³-hybridized carbons (Fsp3) is 0.231. The Morgan fingerprint density at radius 2 is 2.22 bits per heavy atom. The third-order valence-corrected chi connectivity index (χ3v) is 2.57. The number of methoxy groups -OCH3 is 1. The van der Waals surface area contributed by atoms with Crippen LogP contribution in [-0.4, -0.2) is 22.8 Å². The van der Waals surface area contributed by atoms with Crippen molar-refractivity contribution in [1.29, 1.82) is 0 Å². The monoisotopic (exact) mass is 245 g/mol. The van der Waals surface area contributed by atoms with E-state index in [-0.39, 0.29) is 5.91 Å². The Balaban J connectivity index is 2.23. The van der Waals surface area contributed by atoms with Crippen LogP contribution in [0.2, 0.25) is 0 Å². The summed E-state index contributed by atoms with van der Waals surface area (Å²) in [6.07, 6.45) is 3.19. The summed E-state index contributed by atoms with van der Waals surface area (Å²) in [6.45, 7) is 1.96. The molecule has 1 heterocycles. The summed E-state index contributed by atoms with van der Waals surface area (Å²) in [5.41, 5.74) is 2.23. The van der Waals surface area contributed by atoms with E-state index in [0.29, 0.717) is 17.0 Å². The van der Waals surface area contributed by atoms with Gasteiger partial charge in [-0.3, -0.25) is 9.48 Å². The number of nitrogens with one attached hydrogen (secondary N) is 1. The number of carbonyl (C=O) groups is 1. The first-order valence-electron chi connectivity index (χ1n) is 5.55. The van der Waals surface area contributed by atoms with E-state index in [9.17, 15) is 4.79 Å². The SMILES string of the molecule is COc1ccc(C)cc1NC(=O)c1cnn(C)c1. The number of aryl methyl sites for hydroxylation is 2. The van der Waals surface area contributed by atoms with Crippen molar-refractivity contribution in [2.75, 3.05) is 12.4 Å². The highest BCUT2D eigenvalue weighted by molar-refractivity contribution is 6.04. The van der Waals surface area contributed by atoms with E-state index in [0.717, 1.165) is 5.56 Å². The highest BCUT2D eigenvalue weighted by Crippen LogP contribution is 2.25. The van der Waals surface area contributed by atoms with Crippen molar-refractivity contribution in [3.8, 4) is 5.75 Å². The third kappa shape index (κ3) is 2.51. The predicted octanol–water partition coefficient (Wildman–Crippen LogP) is 1.99. The standard InChI is InChI=1S/C13H15N3O2/c1-9-4-5-12(18-3)11(6-9)15-13(17)10-7-14-16(2)8-10/h4-8H,1-3H3,(H,15,17). The zero-order valence-corrected chi connectivity index (χ0v) is 10.6. The van der Waals surface area contributed by atoms with Crippen LogP contribution in [0.25, 0.3) is 0 Å². The zero-order chi connectivity index (χ0) is 13.1. The number of aromatic nitrogens is 2. The second kappa shape index (κ2) is 4.91. The molecule has 2 rings (SSSR count). The van der Waals surface area contributed by atoms with Crippen LogP contribution >= 0.6 is 0 Å². The molecule has 0 bridgehead atoms. The summed E-state index contributed by atoms with van der Waals surface area (Å²) in [7, 11) is 3.34. The van der Waals surface area contributed by atoms with Gasteiger partial charge in [-0.05, 0) is 24.6 Å². The van der Waals surface area contributed by atoms with Gasteiger partial charge >= 0.3 is 0 Å². The van der Waals surface area contributed by atoms with Crippen LogP contribution in [0.1, 0.15) is 15.9 Å². The summed E-state index contributed by atoms with van der Waals surface area (Å²) >= 11 is 0. The maximum Gasteiger partial charge on any atom is 0.258 e. The minimum Gasteiger partial charge on any atom is -0.495 e. The lowest BCUT2D eigenvalue weighted by molar-refractivity contribution is 0.102. The van der Waals surface area contributed by atoms with Gasteiger partial charge in [0.1, 0.15) is 5.75 Å². The van der Waals surface area contributed by atoms with Crippen LogP contribution in [0.4, 0.5) is 5.69 Å². The van der Waals surface area contributed by atoms with Gasteiger partial charge in [-0.1, -0.05) is 6.07 Å². The molecular formula is C13H15N3O2. The Morgan fingerprint density at radius 1 is 1.44 bits per heavy atom. The number of anilines is 1. The molecule has 5 heteroatoms. The molecule has 1 aromatic heterocycles. The minimum atomic E-state index is -0.202. The molecule has 1 aromatic carbocycles. The number of hydrogen-bond acceptors (Lipinski definition) is 3. The molecule has 2 aromatic rings. The lowest BCUT2D eigenvalue weighted by atomic mass is 10.2. The maximum absolute atomic E-state index is 12.0. The summed E-state index contributed by atoms with van der Waals surface area (Å²) in [4.78, 5) is 12.0. The molecule has 0 spiro atoms. The minimum absolute atomic E-state index is 0.202. The van der Waals surface area contributed by atoms with E-state index in [2.05, 4.69) is 10.4 Å². The first kappa shape index (κ1) is 12.2. The van der Waals surface area contributed by atoms with Crippen molar-refractivity contribution < 1.29 is 9.53 Å². The molecule has 0 aliphatic rings. The summed E-state index contributed by atoms with van der Waals surface area (Å²) in [5.74, 6) is 0.435. The fourth-order valence-electron chi connectivity index (χ4n) is 1.65. The molecule has 1 N–H and O–H groups in total. The second-order valence-corrected chi connectivity index (χ2v) is 4.06. The average Bonchev–Trinajstić information content (AvgIpc) is 2.76. The van der Waals surface area contributed by atoms with Gasteiger partial charge in [-0.15, -0.1) is 0 Å². The number of ether oxygens (including phenoxy) is 1. The Morgan fingerprint density at radius 3 is 2.83 bits per heavy atom. The fourth-order valence-corrected chi connectivity index (χ4v) is 1.65. The number of hydrogen-bond donors (Lipinski definition) is 1. The van der Waals surface area contributed by atoms with Crippen LogP contribution in [-0.2, 0) is 7.05 Å². The highest BCUT2D eigenvalue weighted by Gasteiger charge is 2.11. The summed E-state index contributed by atoms with van der Waals surface area (Å²) in [6, 6.07) is 5.62. The quantitative estimate of drug-likeness (QED) is 0.899. The Kier molecular flexibility index (Phi) is 3.32. The van der Waals surface area contributed by atoms with Crippen LogP contribution < -0.4 is 10.1 Å². The van der Waals surface area contributed by atoms with E-state index < -0.39 is 0 Å². The highest BCUT2D eigenvalue weighted by atomic mass is 16.5. The first-order valence-corrected chi connectivity index (χ1v) is 5.55. The smallest absolute Gasteiger partial charge is 0.258 e. The maximum atomic E-state index is 12.0. The van der Waals surface area contributed by atoms with E-state index in [1.165, 1.54) is 6.20 Å². The molecule has 0 saturated carbocycles. The van der Waals surface area contributed by atoms with Gasteiger partial charge < -0.3 is 10.1 Å². The lowest BCUT2D eigenvalue weighted by Gasteiger charge is -2.10.